The Bertz CT molecular complexity index is 681. The number of hydrogen-bond donors (Lipinski definition) is 2. The number of guanidine groups is 1. The lowest BCUT2D eigenvalue weighted by Crippen LogP contribution is -2.53. The van der Waals surface area contributed by atoms with Gasteiger partial charge < -0.3 is 20.3 Å². The Morgan fingerprint density at radius 2 is 1.75 bits per heavy atom. The van der Waals surface area contributed by atoms with E-state index in [2.05, 4.69) is 55.8 Å². The highest BCUT2D eigenvalue weighted by Gasteiger charge is 2.40. The number of nitrogens with zero attached hydrogens (tertiary/aromatic N) is 3. The van der Waals surface area contributed by atoms with E-state index in [-0.39, 0.29) is 24.0 Å². The van der Waals surface area contributed by atoms with Crippen LogP contribution >= 0.6 is 24.0 Å². The minimum atomic E-state index is 0. The van der Waals surface area contributed by atoms with Crippen LogP contribution in [0.2, 0.25) is 0 Å². The van der Waals surface area contributed by atoms with E-state index < -0.39 is 0 Å². The van der Waals surface area contributed by atoms with Crippen LogP contribution in [-0.4, -0.2) is 80.8 Å². The second kappa shape index (κ2) is 13.1. The normalized spacial score (nSPS) is 27.2. The Morgan fingerprint density at radius 1 is 1.06 bits per heavy atom. The van der Waals surface area contributed by atoms with E-state index in [4.69, 9.17) is 4.74 Å². The molecule has 3 aliphatic heterocycles. The maximum atomic E-state index is 5.21. The molecule has 4 rings (SSSR count). The van der Waals surface area contributed by atoms with Crippen LogP contribution in [0.25, 0.3) is 0 Å². The second-order valence-corrected chi connectivity index (χ2v) is 9.59. The van der Waals surface area contributed by atoms with E-state index in [1.165, 1.54) is 57.2 Å². The van der Waals surface area contributed by atoms with Gasteiger partial charge in [0.2, 0.25) is 0 Å². The van der Waals surface area contributed by atoms with Crippen molar-refractivity contribution in [1.82, 2.24) is 20.4 Å². The number of aliphatic imine (C=N–C) groups is 1. The Hall–Kier alpha value is -0.900. The number of nitrogens with one attached hydrogen (secondary N) is 2. The molecule has 6 nitrogen and oxygen atoms in total. The molecule has 0 aliphatic carbocycles. The molecule has 3 saturated heterocycles. The first kappa shape index (κ1) is 25.7. The minimum absolute atomic E-state index is 0. The highest BCUT2D eigenvalue weighted by Crippen LogP contribution is 2.36. The molecule has 0 aromatic heterocycles. The summed E-state index contributed by atoms with van der Waals surface area (Å²) in [6.45, 7) is 6.39. The number of piperidine rings is 2. The number of methoxy groups -OCH3 is 1. The summed E-state index contributed by atoms with van der Waals surface area (Å²) < 4.78 is 5.21. The van der Waals surface area contributed by atoms with Crippen molar-refractivity contribution in [1.29, 1.82) is 0 Å². The lowest BCUT2D eigenvalue weighted by Gasteiger charge is -2.39. The molecule has 2 bridgehead atoms. The lowest BCUT2D eigenvalue weighted by molar-refractivity contribution is 0.114. The summed E-state index contributed by atoms with van der Waals surface area (Å²) in [5.74, 6) is 1.73. The van der Waals surface area contributed by atoms with Crippen molar-refractivity contribution < 1.29 is 4.74 Å². The third kappa shape index (κ3) is 7.05. The van der Waals surface area contributed by atoms with Crippen molar-refractivity contribution in [2.24, 2.45) is 10.9 Å². The van der Waals surface area contributed by atoms with Crippen LogP contribution in [-0.2, 0) is 11.3 Å². The number of likely N-dealkylation sites (tertiary alicyclic amines) is 1. The predicted molar refractivity (Wildman–Crippen MR) is 143 cm³/mol. The zero-order chi connectivity index (χ0) is 21.5. The molecule has 2 unspecified atom stereocenters. The highest BCUT2D eigenvalue weighted by atomic mass is 127. The number of benzene rings is 1. The molecule has 3 fully saturated rings. The summed E-state index contributed by atoms with van der Waals surface area (Å²) in [5, 5.41) is 7.38. The van der Waals surface area contributed by atoms with Crippen molar-refractivity contribution in [2.75, 3.05) is 46.9 Å². The smallest absolute Gasteiger partial charge is 0.191 e. The van der Waals surface area contributed by atoms with Crippen LogP contribution in [0.1, 0.15) is 44.1 Å². The van der Waals surface area contributed by atoms with Gasteiger partial charge in [0, 0.05) is 51.9 Å². The van der Waals surface area contributed by atoms with E-state index in [0.717, 1.165) is 38.1 Å². The van der Waals surface area contributed by atoms with Crippen molar-refractivity contribution in [3.05, 3.63) is 35.9 Å². The second-order valence-electron chi connectivity index (χ2n) is 9.59. The molecule has 0 amide bonds. The molecule has 0 saturated carbocycles. The van der Waals surface area contributed by atoms with Gasteiger partial charge in [0.15, 0.2) is 5.96 Å². The first-order valence-electron chi connectivity index (χ1n) is 12.2. The quantitative estimate of drug-likeness (QED) is 0.293. The molecule has 7 heteroatoms. The highest BCUT2D eigenvalue weighted by molar-refractivity contribution is 14.0. The first-order chi connectivity index (χ1) is 15.2. The third-order valence-electron chi connectivity index (χ3n) is 7.53. The minimum Gasteiger partial charge on any atom is -0.383 e. The fourth-order valence-electron chi connectivity index (χ4n) is 5.71. The SMILES string of the molecule is CN=C(NCC1CCN(CCOC)CC1)NC1CC2CCC(C1)N2Cc1ccccc1.I. The monoisotopic (exact) mass is 555 g/mol. The van der Waals surface area contributed by atoms with Gasteiger partial charge in [0.1, 0.15) is 0 Å². The van der Waals surface area contributed by atoms with E-state index in [9.17, 15) is 0 Å². The van der Waals surface area contributed by atoms with Gasteiger partial charge in [-0.3, -0.25) is 9.89 Å². The number of ether oxygens (including phenoxy) is 1. The van der Waals surface area contributed by atoms with Gasteiger partial charge in [-0.2, -0.15) is 0 Å². The number of rotatable bonds is 8. The average Bonchev–Trinajstić information content (AvgIpc) is 3.04. The van der Waals surface area contributed by atoms with Gasteiger partial charge in [-0.1, -0.05) is 30.3 Å². The van der Waals surface area contributed by atoms with Crippen LogP contribution in [0.3, 0.4) is 0 Å². The fourth-order valence-corrected chi connectivity index (χ4v) is 5.71. The lowest BCUT2D eigenvalue weighted by atomic mass is 9.96. The van der Waals surface area contributed by atoms with Crippen LogP contribution in [0.5, 0.6) is 0 Å². The van der Waals surface area contributed by atoms with E-state index in [1.807, 2.05) is 7.05 Å². The topological polar surface area (TPSA) is 52.1 Å². The summed E-state index contributed by atoms with van der Waals surface area (Å²) in [5.41, 5.74) is 1.44. The van der Waals surface area contributed by atoms with Gasteiger partial charge in [0.25, 0.3) is 0 Å². The molecule has 0 spiro atoms. The van der Waals surface area contributed by atoms with Crippen molar-refractivity contribution in [3.8, 4) is 0 Å². The third-order valence-corrected chi connectivity index (χ3v) is 7.53. The Kier molecular flexibility index (Phi) is 10.5. The van der Waals surface area contributed by atoms with Gasteiger partial charge in [-0.15, -0.1) is 24.0 Å². The number of fused-ring (bicyclic) bond motifs is 2. The average molecular weight is 556 g/mol. The molecule has 0 radical (unpaired) electrons. The zero-order valence-corrected chi connectivity index (χ0v) is 22.2. The molecule has 1 aromatic carbocycles. The van der Waals surface area contributed by atoms with Gasteiger partial charge in [0.05, 0.1) is 6.61 Å². The van der Waals surface area contributed by atoms with Crippen LogP contribution < -0.4 is 10.6 Å². The molecule has 2 N–H and O–H groups in total. The number of hydrogen-bond acceptors (Lipinski definition) is 4. The Morgan fingerprint density at radius 3 is 2.38 bits per heavy atom. The molecule has 3 heterocycles. The molecule has 32 heavy (non-hydrogen) atoms. The number of halogens is 1. The summed E-state index contributed by atoms with van der Waals surface area (Å²) in [7, 11) is 3.69. The predicted octanol–water partition coefficient (Wildman–Crippen LogP) is 3.32. The van der Waals surface area contributed by atoms with Gasteiger partial charge >= 0.3 is 0 Å². The summed E-state index contributed by atoms with van der Waals surface area (Å²) >= 11 is 0. The molecule has 1 aromatic rings. The van der Waals surface area contributed by atoms with E-state index in [0.29, 0.717) is 18.1 Å². The summed E-state index contributed by atoms with van der Waals surface area (Å²) in [4.78, 5) is 9.80. The van der Waals surface area contributed by atoms with Gasteiger partial charge in [-0.05, 0) is 63.1 Å². The van der Waals surface area contributed by atoms with Crippen molar-refractivity contribution >= 4 is 29.9 Å². The summed E-state index contributed by atoms with van der Waals surface area (Å²) in [6.07, 6.45) is 7.64. The molecule has 2 atom stereocenters. The fraction of sp³-hybridized carbons (Fsp3) is 0.720. The zero-order valence-electron chi connectivity index (χ0n) is 19.8. The molecular weight excluding hydrogens is 513 g/mol. The van der Waals surface area contributed by atoms with Crippen molar-refractivity contribution in [2.45, 2.75) is 63.2 Å². The maximum Gasteiger partial charge on any atom is 0.191 e. The van der Waals surface area contributed by atoms with Crippen LogP contribution in [0, 0.1) is 5.92 Å². The summed E-state index contributed by atoms with van der Waals surface area (Å²) in [6, 6.07) is 12.9. The van der Waals surface area contributed by atoms with Gasteiger partial charge in [-0.25, -0.2) is 0 Å². The largest absolute Gasteiger partial charge is 0.383 e. The molecular formula is C25H42IN5O. The van der Waals surface area contributed by atoms with Crippen LogP contribution in [0.15, 0.2) is 35.3 Å². The van der Waals surface area contributed by atoms with Crippen molar-refractivity contribution in [3.63, 3.8) is 0 Å². The first-order valence-corrected chi connectivity index (χ1v) is 12.2. The standard InChI is InChI=1S/C25H41N5O.HI/c1-26-25(27-18-20-10-12-29(13-11-20)14-15-31-2)28-22-16-23-8-9-24(17-22)30(23)19-21-6-4-3-5-7-21;/h3-7,20,22-24H,8-19H2,1-2H3,(H2,26,27,28);1H. The Balaban J connectivity index is 0.00000289. The Labute approximate surface area is 211 Å². The van der Waals surface area contributed by atoms with Crippen LogP contribution in [0.4, 0.5) is 0 Å². The maximum absolute atomic E-state index is 5.21. The molecule has 3 aliphatic rings. The van der Waals surface area contributed by atoms with E-state index >= 15 is 0 Å². The molecule has 180 valence electrons. The van der Waals surface area contributed by atoms with E-state index in [1.54, 1.807) is 7.11 Å².